The molecule has 0 saturated heterocycles. The van der Waals surface area contributed by atoms with Crippen LogP contribution >= 0.6 is 0 Å². The molecular formula is C18H19NO3. The summed E-state index contributed by atoms with van der Waals surface area (Å²) in [4.78, 5) is 12.4. The maximum Gasteiger partial charge on any atom is 0.255 e. The third-order valence-electron chi connectivity index (χ3n) is 3.63. The first-order chi connectivity index (χ1) is 10.6. The highest BCUT2D eigenvalue weighted by molar-refractivity contribution is 6.05. The minimum Gasteiger partial charge on any atom is -0.490 e. The molecule has 0 fully saturated rings. The first-order valence-corrected chi connectivity index (χ1v) is 7.42. The predicted molar refractivity (Wildman–Crippen MR) is 85.9 cm³/mol. The van der Waals surface area contributed by atoms with Gasteiger partial charge in [-0.1, -0.05) is 17.7 Å². The van der Waals surface area contributed by atoms with Crippen molar-refractivity contribution in [2.75, 3.05) is 18.5 Å². The zero-order chi connectivity index (χ0) is 15.5. The normalized spacial score (nSPS) is 13.4. The Morgan fingerprint density at radius 1 is 1.00 bits per heavy atom. The highest BCUT2D eigenvalue weighted by atomic mass is 16.5. The summed E-state index contributed by atoms with van der Waals surface area (Å²) in [6, 6.07) is 11.3. The zero-order valence-electron chi connectivity index (χ0n) is 12.8. The fraction of sp³-hybridized carbons (Fsp3) is 0.278. The van der Waals surface area contributed by atoms with Crippen LogP contribution in [-0.4, -0.2) is 19.1 Å². The number of benzene rings is 2. The monoisotopic (exact) mass is 297 g/mol. The molecule has 0 spiro atoms. The quantitative estimate of drug-likeness (QED) is 0.919. The first-order valence-electron chi connectivity index (χ1n) is 7.42. The molecule has 0 bridgehead atoms. The van der Waals surface area contributed by atoms with Crippen LogP contribution in [0.2, 0.25) is 0 Å². The fourth-order valence-electron chi connectivity index (χ4n) is 2.51. The summed E-state index contributed by atoms with van der Waals surface area (Å²) >= 11 is 0. The van der Waals surface area contributed by atoms with Crippen LogP contribution in [0, 0.1) is 13.8 Å². The number of carbonyl (C=O) groups excluding carboxylic acids is 1. The van der Waals surface area contributed by atoms with Gasteiger partial charge in [-0.2, -0.15) is 0 Å². The summed E-state index contributed by atoms with van der Waals surface area (Å²) in [6.07, 6.45) is 0.860. The summed E-state index contributed by atoms with van der Waals surface area (Å²) in [5, 5.41) is 2.91. The number of rotatable bonds is 2. The van der Waals surface area contributed by atoms with Gasteiger partial charge >= 0.3 is 0 Å². The van der Waals surface area contributed by atoms with Crippen LogP contribution < -0.4 is 14.8 Å². The maximum absolute atomic E-state index is 12.4. The van der Waals surface area contributed by atoms with E-state index in [0.717, 1.165) is 23.3 Å². The number of amides is 1. The molecule has 0 radical (unpaired) electrons. The van der Waals surface area contributed by atoms with Crippen molar-refractivity contribution in [2.45, 2.75) is 20.3 Å². The van der Waals surface area contributed by atoms with Gasteiger partial charge in [0.2, 0.25) is 0 Å². The van der Waals surface area contributed by atoms with E-state index < -0.39 is 0 Å². The Hall–Kier alpha value is -2.49. The molecule has 4 heteroatoms. The molecule has 2 aromatic rings. The second-order valence-corrected chi connectivity index (χ2v) is 5.48. The molecule has 1 aliphatic heterocycles. The Morgan fingerprint density at radius 3 is 2.55 bits per heavy atom. The largest absolute Gasteiger partial charge is 0.490 e. The van der Waals surface area contributed by atoms with Gasteiger partial charge in [0.1, 0.15) is 0 Å². The lowest BCUT2D eigenvalue weighted by Gasteiger charge is -2.11. The highest BCUT2D eigenvalue weighted by Crippen LogP contribution is 2.32. The van der Waals surface area contributed by atoms with Gasteiger partial charge in [0.15, 0.2) is 11.5 Å². The van der Waals surface area contributed by atoms with Crippen LogP contribution in [-0.2, 0) is 0 Å². The first kappa shape index (κ1) is 14.4. The summed E-state index contributed by atoms with van der Waals surface area (Å²) in [5.74, 6) is 1.28. The second-order valence-electron chi connectivity index (χ2n) is 5.48. The number of carbonyl (C=O) groups is 1. The number of anilines is 1. The topological polar surface area (TPSA) is 47.6 Å². The predicted octanol–water partition coefficient (Wildman–Crippen LogP) is 3.72. The van der Waals surface area contributed by atoms with Crippen molar-refractivity contribution in [3.05, 3.63) is 53.1 Å². The minimum absolute atomic E-state index is 0.119. The van der Waals surface area contributed by atoms with Crippen molar-refractivity contribution in [3.63, 3.8) is 0 Å². The molecule has 0 atom stereocenters. The Bertz CT molecular complexity index is 709. The van der Waals surface area contributed by atoms with Gasteiger partial charge in [0.25, 0.3) is 5.91 Å². The summed E-state index contributed by atoms with van der Waals surface area (Å²) in [7, 11) is 0. The lowest BCUT2D eigenvalue weighted by molar-refractivity contribution is 0.102. The molecule has 1 heterocycles. The molecule has 2 aromatic carbocycles. The van der Waals surface area contributed by atoms with Crippen LogP contribution in [0.4, 0.5) is 5.69 Å². The Kier molecular flexibility index (Phi) is 4.00. The lowest BCUT2D eigenvalue weighted by Crippen LogP contribution is -2.13. The van der Waals surface area contributed by atoms with Gasteiger partial charge in [-0.25, -0.2) is 0 Å². The van der Waals surface area contributed by atoms with Crippen molar-refractivity contribution >= 4 is 11.6 Å². The Morgan fingerprint density at radius 2 is 1.77 bits per heavy atom. The number of aryl methyl sites for hydroxylation is 2. The molecule has 4 nitrogen and oxygen atoms in total. The Balaban J connectivity index is 1.80. The van der Waals surface area contributed by atoms with Crippen molar-refractivity contribution < 1.29 is 14.3 Å². The van der Waals surface area contributed by atoms with Crippen LogP contribution in [0.25, 0.3) is 0 Å². The standard InChI is InChI=1S/C18H19NO3/c1-12-4-6-15(13(2)10-12)18(20)19-14-5-7-16-17(11-14)22-9-3-8-21-16/h4-7,10-11H,3,8-9H2,1-2H3,(H,19,20). The summed E-state index contributed by atoms with van der Waals surface area (Å²) in [6.45, 7) is 5.23. The van der Waals surface area contributed by atoms with Crippen LogP contribution in [0.15, 0.2) is 36.4 Å². The highest BCUT2D eigenvalue weighted by Gasteiger charge is 2.13. The van der Waals surface area contributed by atoms with Gasteiger partial charge in [-0.05, 0) is 37.6 Å². The van der Waals surface area contributed by atoms with Gasteiger partial charge < -0.3 is 14.8 Å². The van der Waals surface area contributed by atoms with E-state index in [-0.39, 0.29) is 5.91 Å². The number of nitrogens with one attached hydrogen (secondary N) is 1. The average molecular weight is 297 g/mol. The van der Waals surface area contributed by atoms with Crippen molar-refractivity contribution in [2.24, 2.45) is 0 Å². The van der Waals surface area contributed by atoms with E-state index in [1.54, 1.807) is 0 Å². The molecule has 22 heavy (non-hydrogen) atoms. The van der Waals surface area contributed by atoms with Crippen LogP contribution in [0.1, 0.15) is 27.9 Å². The average Bonchev–Trinajstić information content (AvgIpc) is 2.71. The smallest absolute Gasteiger partial charge is 0.255 e. The molecule has 0 aromatic heterocycles. The van der Waals surface area contributed by atoms with Crippen molar-refractivity contribution in [1.82, 2.24) is 0 Å². The van der Waals surface area contributed by atoms with Crippen molar-refractivity contribution in [3.8, 4) is 11.5 Å². The number of fused-ring (bicyclic) bond motifs is 1. The molecule has 114 valence electrons. The number of hydrogen-bond donors (Lipinski definition) is 1. The molecule has 0 unspecified atom stereocenters. The molecule has 1 aliphatic rings. The molecule has 1 amide bonds. The second kappa shape index (κ2) is 6.10. The van der Waals surface area contributed by atoms with E-state index in [1.165, 1.54) is 0 Å². The van der Waals surface area contributed by atoms with E-state index in [2.05, 4.69) is 5.32 Å². The number of ether oxygens (including phenoxy) is 2. The zero-order valence-corrected chi connectivity index (χ0v) is 12.8. The van der Waals surface area contributed by atoms with E-state index in [1.807, 2.05) is 50.2 Å². The van der Waals surface area contributed by atoms with Gasteiger partial charge in [-0.15, -0.1) is 0 Å². The maximum atomic E-state index is 12.4. The summed E-state index contributed by atoms with van der Waals surface area (Å²) in [5.41, 5.74) is 3.49. The third-order valence-corrected chi connectivity index (χ3v) is 3.63. The third kappa shape index (κ3) is 3.06. The minimum atomic E-state index is -0.119. The van der Waals surface area contributed by atoms with Crippen molar-refractivity contribution in [1.29, 1.82) is 0 Å². The molecule has 1 N–H and O–H groups in total. The SMILES string of the molecule is Cc1ccc(C(=O)Nc2ccc3c(c2)OCCCO3)c(C)c1. The van der Waals surface area contributed by atoms with Crippen LogP contribution in [0.3, 0.4) is 0 Å². The molecular weight excluding hydrogens is 278 g/mol. The molecule has 0 aliphatic carbocycles. The fourth-order valence-corrected chi connectivity index (χ4v) is 2.51. The van der Waals surface area contributed by atoms with Gasteiger partial charge in [0, 0.05) is 23.7 Å². The van der Waals surface area contributed by atoms with E-state index >= 15 is 0 Å². The van der Waals surface area contributed by atoms with E-state index in [9.17, 15) is 4.79 Å². The summed E-state index contributed by atoms with van der Waals surface area (Å²) < 4.78 is 11.2. The van der Waals surface area contributed by atoms with Gasteiger partial charge in [-0.3, -0.25) is 4.79 Å². The van der Waals surface area contributed by atoms with E-state index in [4.69, 9.17) is 9.47 Å². The Labute approximate surface area is 130 Å². The van der Waals surface area contributed by atoms with Crippen LogP contribution in [0.5, 0.6) is 11.5 Å². The lowest BCUT2D eigenvalue weighted by atomic mass is 10.1. The molecule has 0 saturated carbocycles. The van der Waals surface area contributed by atoms with Gasteiger partial charge in [0.05, 0.1) is 13.2 Å². The van der Waals surface area contributed by atoms with E-state index in [0.29, 0.717) is 30.2 Å². The number of hydrogen-bond acceptors (Lipinski definition) is 3. The molecule has 3 rings (SSSR count).